The van der Waals surface area contributed by atoms with Gasteiger partial charge in [0.1, 0.15) is 0 Å². The minimum atomic E-state index is -0.761. The number of halogens is 2. The Morgan fingerprint density at radius 1 is 1.14 bits per heavy atom. The summed E-state index contributed by atoms with van der Waals surface area (Å²) in [5.74, 6) is -2.29. The average Bonchev–Trinajstić information content (AvgIpc) is 2.64. The molecular formula is C22H25F2NO3. The van der Waals surface area contributed by atoms with E-state index in [1.54, 1.807) is 6.92 Å². The van der Waals surface area contributed by atoms with Crippen molar-refractivity contribution in [1.82, 2.24) is 0 Å². The standard InChI is InChI=1S/C22H25F2NO3/c1-2-27-21(26)10-5-11-28-22-19(23)13-16(14-20(22)24)15-6-3-9-18(12-15)25-17-7-4-8-17/h3,6,9,12-14,17,25H,2,4-5,7-8,10-11H2,1H3. The summed E-state index contributed by atoms with van der Waals surface area (Å²) < 4.78 is 38.8. The van der Waals surface area contributed by atoms with E-state index in [1.807, 2.05) is 24.3 Å². The first-order valence-corrected chi connectivity index (χ1v) is 9.71. The Labute approximate surface area is 163 Å². The monoisotopic (exact) mass is 389 g/mol. The number of esters is 1. The Kier molecular flexibility index (Phi) is 6.85. The molecule has 0 spiro atoms. The molecule has 2 aromatic rings. The van der Waals surface area contributed by atoms with E-state index < -0.39 is 17.4 Å². The van der Waals surface area contributed by atoms with Crippen LogP contribution in [0, 0.1) is 11.6 Å². The van der Waals surface area contributed by atoms with Crippen molar-refractivity contribution >= 4 is 11.7 Å². The second-order valence-electron chi connectivity index (χ2n) is 6.88. The molecule has 0 atom stereocenters. The Morgan fingerprint density at radius 2 is 1.89 bits per heavy atom. The Morgan fingerprint density at radius 3 is 2.54 bits per heavy atom. The van der Waals surface area contributed by atoms with Gasteiger partial charge in [0, 0.05) is 18.2 Å². The van der Waals surface area contributed by atoms with E-state index in [0.717, 1.165) is 24.1 Å². The molecule has 0 heterocycles. The maximum atomic E-state index is 14.4. The predicted octanol–water partition coefficient (Wildman–Crippen LogP) is 5.32. The molecule has 3 rings (SSSR count). The molecule has 4 nitrogen and oxygen atoms in total. The maximum Gasteiger partial charge on any atom is 0.305 e. The van der Waals surface area contributed by atoms with Crippen LogP contribution in [0.3, 0.4) is 0 Å². The Bertz CT molecular complexity index is 798. The number of carbonyl (C=O) groups excluding carboxylic acids is 1. The lowest BCUT2D eigenvalue weighted by Crippen LogP contribution is -2.26. The first-order valence-electron chi connectivity index (χ1n) is 9.71. The second kappa shape index (κ2) is 9.53. The molecule has 0 aliphatic heterocycles. The fourth-order valence-corrected chi connectivity index (χ4v) is 3.07. The molecule has 0 aromatic heterocycles. The van der Waals surface area contributed by atoms with E-state index in [1.165, 1.54) is 18.6 Å². The molecule has 1 aliphatic carbocycles. The third-order valence-corrected chi connectivity index (χ3v) is 4.75. The van der Waals surface area contributed by atoms with Gasteiger partial charge in [-0.3, -0.25) is 4.79 Å². The zero-order valence-electron chi connectivity index (χ0n) is 16.0. The van der Waals surface area contributed by atoms with Crippen molar-refractivity contribution in [3.8, 4) is 16.9 Å². The quantitative estimate of drug-likeness (QED) is 0.466. The van der Waals surface area contributed by atoms with Crippen LogP contribution in [0.15, 0.2) is 36.4 Å². The summed E-state index contributed by atoms with van der Waals surface area (Å²) in [6.45, 7) is 2.06. The minimum Gasteiger partial charge on any atom is -0.488 e. The highest BCUT2D eigenvalue weighted by Crippen LogP contribution is 2.31. The highest BCUT2D eigenvalue weighted by Gasteiger charge is 2.18. The maximum absolute atomic E-state index is 14.4. The smallest absolute Gasteiger partial charge is 0.305 e. The van der Waals surface area contributed by atoms with E-state index in [0.29, 0.717) is 24.6 Å². The number of carbonyl (C=O) groups is 1. The summed E-state index contributed by atoms with van der Waals surface area (Å²) in [7, 11) is 0. The first kappa shape index (κ1) is 20.1. The SMILES string of the molecule is CCOC(=O)CCCOc1c(F)cc(-c2cccc(NC3CCC3)c2)cc1F. The van der Waals surface area contributed by atoms with Crippen LogP contribution >= 0.6 is 0 Å². The Balaban J connectivity index is 1.64. The van der Waals surface area contributed by atoms with Gasteiger partial charge in [0.2, 0.25) is 0 Å². The van der Waals surface area contributed by atoms with Gasteiger partial charge in [-0.05, 0) is 68.0 Å². The second-order valence-corrected chi connectivity index (χ2v) is 6.88. The number of ether oxygens (including phenoxy) is 2. The molecule has 150 valence electrons. The normalized spacial score (nSPS) is 13.7. The lowest BCUT2D eigenvalue weighted by molar-refractivity contribution is -0.143. The van der Waals surface area contributed by atoms with Crippen LogP contribution in [0.5, 0.6) is 5.75 Å². The van der Waals surface area contributed by atoms with Crippen molar-refractivity contribution in [2.24, 2.45) is 0 Å². The predicted molar refractivity (Wildman–Crippen MR) is 104 cm³/mol. The Hall–Kier alpha value is -2.63. The van der Waals surface area contributed by atoms with Crippen LogP contribution in [-0.2, 0) is 9.53 Å². The third kappa shape index (κ3) is 5.21. The average molecular weight is 389 g/mol. The summed E-state index contributed by atoms with van der Waals surface area (Å²) in [4.78, 5) is 11.3. The highest BCUT2D eigenvalue weighted by atomic mass is 19.1. The zero-order valence-corrected chi connectivity index (χ0v) is 16.0. The van der Waals surface area contributed by atoms with Gasteiger partial charge in [-0.2, -0.15) is 0 Å². The molecule has 0 bridgehead atoms. The molecule has 1 saturated carbocycles. The number of anilines is 1. The van der Waals surface area contributed by atoms with Crippen molar-refractivity contribution < 1.29 is 23.0 Å². The first-order chi connectivity index (χ1) is 13.6. The van der Waals surface area contributed by atoms with Gasteiger partial charge in [0.25, 0.3) is 0 Å². The van der Waals surface area contributed by atoms with Gasteiger partial charge in [-0.25, -0.2) is 8.78 Å². The van der Waals surface area contributed by atoms with E-state index in [9.17, 15) is 13.6 Å². The van der Waals surface area contributed by atoms with Crippen LogP contribution in [0.2, 0.25) is 0 Å². The van der Waals surface area contributed by atoms with Crippen LogP contribution < -0.4 is 10.1 Å². The van der Waals surface area contributed by atoms with Crippen molar-refractivity contribution in [1.29, 1.82) is 0 Å². The number of hydrogen-bond donors (Lipinski definition) is 1. The molecule has 1 fully saturated rings. The summed E-state index contributed by atoms with van der Waals surface area (Å²) >= 11 is 0. The van der Waals surface area contributed by atoms with Gasteiger partial charge >= 0.3 is 5.97 Å². The molecule has 0 amide bonds. The van der Waals surface area contributed by atoms with Gasteiger partial charge < -0.3 is 14.8 Å². The van der Waals surface area contributed by atoms with E-state index in [2.05, 4.69) is 5.32 Å². The minimum absolute atomic E-state index is 0.0345. The van der Waals surface area contributed by atoms with Gasteiger partial charge in [0.05, 0.1) is 13.2 Å². The summed E-state index contributed by atoms with van der Waals surface area (Å²) in [5, 5.41) is 3.43. The lowest BCUT2D eigenvalue weighted by Gasteiger charge is -2.27. The topological polar surface area (TPSA) is 47.6 Å². The summed E-state index contributed by atoms with van der Waals surface area (Å²) in [6, 6.07) is 10.6. The number of nitrogens with one attached hydrogen (secondary N) is 1. The number of benzene rings is 2. The zero-order chi connectivity index (χ0) is 19.9. The van der Waals surface area contributed by atoms with Crippen LogP contribution in [0.4, 0.5) is 14.5 Å². The molecule has 0 unspecified atom stereocenters. The van der Waals surface area contributed by atoms with Gasteiger partial charge in [-0.1, -0.05) is 12.1 Å². The van der Waals surface area contributed by atoms with E-state index >= 15 is 0 Å². The molecule has 0 saturated heterocycles. The molecule has 6 heteroatoms. The van der Waals surface area contributed by atoms with Crippen LogP contribution in [-0.4, -0.2) is 25.2 Å². The molecular weight excluding hydrogens is 364 g/mol. The van der Waals surface area contributed by atoms with Crippen molar-refractivity contribution in [2.75, 3.05) is 18.5 Å². The van der Waals surface area contributed by atoms with Gasteiger partial charge in [-0.15, -0.1) is 0 Å². The van der Waals surface area contributed by atoms with Crippen molar-refractivity contribution in [3.05, 3.63) is 48.0 Å². The highest BCUT2D eigenvalue weighted by molar-refractivity contribution is 5.69. The van der Waals surface area contributed by atoms with Crippen LogP contribution in [0.25, 0.3) is 11.1 Å². The number of hydrogen-bond acceptors (Lipinski definition) is 4. The molecule has 1 N–H and O–H groups in total. The van der Waals surface area contributed by atoms with E-state index in [-0.39, 0.29) is 19.0 Å². The lowest BCUT2D eigenvalue weighted by atomic mass is 9.93. The van der Waals surface area contributed by atoms with Crippen molar-refractivity contribution in [2.45, 2.75) is 45.1 Å². The number of rotatable bonds is 9. The van der Waals surface area contributed by atoms with Gasteiger partial charge in [0.15, 0.2) is 17.4 Å². The molecule has 2 aromatic carbocycles. The largest absolute Gasteiger partial charge is 0.488 e. The van der Waals surface area contributed by atoms with E-state index in [4.69, 9.17) is 9.47 Å². The fraction of sp³-hybridized carbons (Fsp3) is 0.409. The summed E-state index contributed by atoms with van der Waals surface area (Å²) in [5.41, 5.74) is 2.13. The molecule has 1 aliphatic rings. The summed E-state index contributed by atoms with van der Waals surface area (Å²) in [6.07, 6.45) is 4.00. The van der Waals surface area contributed by atoms with Crippen LogP contribution in [0.1, 0.15) is 39.0 Å². The fourth-order valence-electron chi connectivity index (χ4n) is 3.07. The molecule has 0 radical (unpaired) electrons. The molecule has 28 heavy (non-hydrogen) atoms. The van der Waals surface area contributed by atoms with Crippen molar-refractivity contribution in [3.63, 3.8) is 0 Å². The third-order valence-electron chi connectivity index (χ3n) is 4.75.